The largest absolute Gasteiger partial charge is 0.486 e. The lowest BCUT2D eigenvalue weighted by Crippen LogP contribution is -2.53. The van der Waals surface area contributed by atoms with Crippen molar-refractivity contribution in [1.82, 2.24) is 4.98 Å². The first-order valence-electron chi connectivity index (χ1n) is 6.90. The van der Waals surface area contributed by atoms with Crippen LogP contribution in [0.2, 0.25) is 0 Å². The molecule has 0 unspecified atom stereocenters. The molecule has 5 rings (SSSR count). The number of hydrogen-bond donors (Lipinski definition) is 0. The lowest BCUT2D eigenvalue weighted by molar-refractivity contribution is -0.107. The average molecular weight is 310 g/mol. The first-order valence-corrected chi connectivity index (χ1v) is 6.90. The quantitative estimate of drug-likeness (QED) is 0.823. The number of pyridine rings is 1. The Morgan fingerprint density at radius 1 is 1.06 bits per heavy atom. The highest BCUT2D eigenvalue weighted by atomic mass is 79.9. The molecule has 0 saturated heterocycles. The van der Waals surface area contributed by atoms with E-state index in [0.717, 1.165) is 23.5 Å². The fraction of sp³-hybridized carbons (Fsp3) is 0.667. The van der Waals surface area contributed by atoms with Gasteiger partial charge in [0.1, 0.15) is 11.4 Å². The summed E-state index contributed by atoms with van der Waals surface area (Å²) in [6.45, 7) is 0. The van der Waals surface area contributed by atoms with Gasteiger partial charge in [-0.15, -0.1) is 17.0 Å². The maximum atomic E-state index is 6.35. The second-order valence-corrected chi connectivity index (χ2v) is 6.39. The zero-order valence-electron chi connectivity index (χ0n) is 10.5. The van der Waals surface area contributed by atoms with E-state index in [1.54, 1.807) is 0 Å². The molecule has 0 aromatic carbocycles. The van der Waals surface area contributed by atoms with Crippen molar-refractivity contribution in [1.29, 1.82) is 0 Å². The number of aromatic nitrogens is 1. The van der Waals surface area contributed by atoms with Gasteiger partial charge in [-0.25, -0.2) is 0 Å². The van der Waals surface area contributed by atoms with E-state index in [-0.39, 0.29) is 22.6 Å². The summed E-state index contributed by atoms with van der Waals surface area (Å²) < 4.78 is 6.35. The van der Waals surface area contributed by atoms with Crippen LogP contribution in [0, 0.1) is 17.8 Å². The molecule has 1 heterocycles. The molecule has 0 amide bonds. The monoisotopic (exact) mass is 309 g/mol. The predicted octanol–water partition coefficient (Wildman–Crippen LogP) is 4.01. The van der Waals surface area contributed by atoms with Crippen LogP contribution < -0.4 is 4.74 Å². The molecule has 4 aliphatic carbocycles. The van der Waals surface area contributed by atoms with E-state index >= 15 is 0 Å². The number of hydrogen-bond acceptors (Lipinski definition) is 2. The normalized spacial score (nSPS) is 40.3. The fourth-order valence-electron chi connectivity index (χ4n) is 4.81. The van der Waals surface area contributed by atoms with Crippen molar-refractivity contribution in [2.45, 2.75) is 44.1 Å². The molecule has 0 spiro atoms. The Morgan fingerprint density at radius 3 is 2.17 bits per heavy atom. The molecule has 0 aliphatic heterocycles. The molecular weight excluding hydrogens is 290 g/mol. The summed E-state index contributed by atoms with van der Waals surface area (Å²) >= 11 is 0. The van der Waals surface area contributed by atoms with Gasteiger partial charge in [-0.2, -0.15) is 0 Å². The highest BCUT2D eigenvalue weighted by Crippen LogP contribution is 2.56. The molecule has 4 bridgehead atoms. The van der Waals surface area contributed by atoms with Gasteiger partial charge in [0.25, 0.3) is 0 Å². The Balaban J connectivity index is 0.000001000. The lowest BCUT2D eigenvalue weighted by Gasteiger charge is -2.56. The van der Waals surface area contributed by atoms with Gasteiger partial charge in [-0.3, -0.25) is 4.98 Å². The standard InChI is InChI=1S/C15H19NO.BrH/c1-2-14(10-16-3-1)17-15-7-11-4-12(8-15)6-13(5-11)9-15;/h1-3,10-13H,4-9H2;1H. The molecule has 3 heteroatoms. The van der Waals surface area contributed by atoms with Crippen LogP contribution in [0.25, 0.3) is 0 Å². The summed E-state index contributed by atoms with van der Waals surface area (Å²) in [5.74, 6) is 3.79. The topological polar surface area (TPSA) is 22.1 Å². The van der Waals surface area contributed by atoms with Crippen LogP contribution in [0.15, 0.2) is 24.5 Å². The Hall–Kier alpha value is -0.570. The van der Waals surface area contributed by atoms with Crippen LogP contribution in [0.5, 0.6) is 5.75 Å². The van der Waals surface area contributed by atoms with Crippen LogP contribution in [-0.2, 0) is 0 Å². The van der Waals surface area contributed by atoms with Crippen LogP contribution >= 0.6 is 17.0 Å². The number of halogens is 1. The van der Waals surface area contributed by atoms with Crippen LogP contribution in [0.3, 0.4) is 0 Å². The third-order valence-corrected chi connectivity index (χ3v) is 4.95. The molecule has 98 valence electrons. The molecule has 0 atom stereocenters. The highest BCUT2D eigenvalue weighted by Gasteiger charge is 2.52. The van der Waals surface area contributed by atoms with Gasteiger partial charge in [0.05, 0.1) is 6.20 Å². The second-order valence-electron chi connectivity index (χ2n) is 6.39. The second kappa shape index (κ2) is 4.52. The van der Waals surface area contributed by atoms with Crippen LogP contribution in [0.1, 0.15) is 38.5 Å². The molecule has 4 fully saturated rings. The zero-order valence-corrected chi connectivity index (χ0v) is 12.3. The molecule has 0 radical (unpaired) electrons. The minimum Gasteiger partial charge on any atom is -0.486 e. The van der Waals surface area contributed by atoms with Crippen molar-refractivity contribution in [3.05, 3.63) is 24.5 Å². The van der Waals surface area contributed by atoms with Gasteiger partial charge in [-0.1, -0.05) is 0 Å². The van der Waals surface area contributed by atoms with Gasteiger partial charge >= 0.3 is 0 Å². The first-order chi connectivity index (χ1) is 8.31. The molecule has 0 N–H and O–H groups in total. The van der Waals surface area contributed by atoms with Crippen molar-refractivity contribution in [2.75, 3.05) is 0 Å². The van der Waals surface area contributed by atoms with E-state index in [9.17, 15) is 0 Å². The van der Waals surface area contributed by atoms with E-state index in [4.69, 9.17) is 4.74 Å². The Bertz CT molecular complexity index is 384. The number of rotatable bonds is 2. The summed E-state index contributed by atoms with van der Waals surface area (Å²) in [6.07, 6.45) is 11.9. The molecule has 4 aliphatic rings. The minimum atomic E-state index is 0. The van der Waals surface area contributed by atoms with Gasteiger partial charge in [0.15, 0.2) is 0 Å². The van der Waals surface area contributed by atoms with Crippen molar-refractivity contribution in [3.63, 3.8) is 0 Å². The number of ether oxygens (including phenoxy) is 1. The summed E-state index contributed by atoms with van der Waals surface area (Å²) in [5, 5.41) is 0. The fourth-order valence-corrected chi connectivity index (χ4v) is 4.81. The van der Waals surface area contributed by atoms with Gasteiger partial charge in [0, 0.05) is 6.20 Å². The Morgan fingerprint density at radius 2 is 1.67 bits per heavy atom. The van der Waals surface area contributed by atoms with E-state index < -0.39 is 0 Å². The van der Waals surface area contributed by atoms with Crippen LogP contribution in [0.4, 0.5) is 0 Å². The molecular formula is C15H20BrNO. The third-order valence-electron chi connectivity index (χ3n) is 4.95. The van der Waals surface area contributed by atoms with E-state index in [1.807, 2.05) is 24.5 Å². The van der Waals surface area contributed by atoms with Gasteiger partial charge < -0.3 is 4.74 Å². The minimum absolute atomic E-state index is 0. The zero-order chi connectivity index (χ0) is 11.3. The molecule has 2 nitrogen and oxygen atoms in total. The molecule has 4 saturated carbocycles. The lowest BCUT2D eigenvalue weighted by atomic mass is 9.54. The van der Waals surface area contributed by atoms with E-state index in [0.29, 0.717) is 0 Å². The van der Waals surface area contributed by atoms with Crippen molar-refractivity contribution in [2.24, 2.45) is 17.8 Å². The Kier molecular flexibility index (Phi) is 3.13. The molecule has 1 aromatic heterocycles. The third kappa shape index (κ3) is 2.07. The highest BCUT2D eigenvalue weighted by molar-refractivity contribution is 8.93. The molecule has 1 aromatic rings. The summed E-state index contributed by atoms with van der Waals surface area (Å²) in [6, 6.07) is 4.02. The summed E-state index contributed by atoms with van der Waals surface area (Å²) in [4.78, 5) is 4.16. The van der Waals surface area contributed by atoms with Crippen molar-refractivity contribution >= 4 is 17.0 Å². The van der Waals surface area contributed by atoms with E-state index in [1.165, 1.54) is 38.5 Å². The van der Waals surface area contributed by atoms with Gasteiger partial charge in [0.2, 0.25) is 0 Å². The first kappa shape index (κ1) is 12.5. The summed E-state index contributed by atoms with van der Waals surface area (Å²) in [7, 11) is 0. The average Bonchev–Trinajstić information content (AvgIpc) is 2.27. The predicted molar refractivity (Wildman–Crippen MR) is 76.1 cm³/mol. The van der Waals surface area contributed by atoms with Crippen LogP contribution in [-0.4, -0.2) is 10.6 Å². The maximum Gasteiger partial charge on any atom is 0.138 e. The van der Waals surface area contributed by atoms with E-state index in [2.05, 4.69) is 4.98 Å². The summed E-state index contributed by atoms with van der Waals surface area (Å²) in [5.41, 5.74) is 0.164. The Labute approximate surface area is 119 Å². The maximum absolute atomic E-state index is 6.35. The number of nitrogens with zero attached hydrogens (tertiary/aromatic N) is 1. The molecule has 18 heavy (non-hydrogen) atoms. The van der Waals surface area contributed by atoms with Gasteiger partial charge in [-0.05, 0) is 68.4 Å². The van der Waals surface area contributed by atoms with Crippen molar-refractivity contribution in [3.8, 4) is 5.75 Å². The van der Waals surface area contributed by atoms with Crippen molar-refractivity contribution < 1.29 is 4.74 Å². The SMILES string of the molecule is Br.c1cncc(OC23CC4CC(CC(C4)C2)C3)c1. The smallest absolute Gasteiger partial charge is 0.138 e.